The Morgan fingerprint density at radius 3 is 2.36 bits per heavy atom. The van der Waals surface area contributed by atoms with Crippen LogP contribution in [0.25, 0.3) is 0 Å². The van der Waals surface area contributed by atoms with Crippen molar-refractivity contribution in [1.82, 2.24) is 0 Å². The van der Waals surface area contributed by atoms with Crippen LogP contribution in [-0.4, -0.2) is 17.9 Å². The molecule has 78 valence electrons. The Morgan fingerprint density at radius 1 is 1.43 bits per heavy atom. The summed E-state index contributed by atoms with van der Waals surface area (Å²) in [5.41, 5.74) is -0.317. The first-order valence-corrected chi connectivity index (χ1v) is 4.73. The predicted octanol–water partition coefficient (Wildman–Crippen LogP) is 1.72. The topological polar surface area (TPSA) is 43.4 Å². The fourth-order valence-corrected chi connectivity index (χ4v) is 1.54. The number of carbonyl (C=O) groups is 2. The van der Waals surface area contributed by atoms with E-state index in [4.69, 9.17) is 4.74 Å². The molecule has 0 saturated carbocycles. The van der Waals surface area contributed by atoms with Crippen LogP contribution in [0.15, 0.2) is 12.7 Å². The molecule has 0 aromatic rings. The highest BCUT2D eigenvalue weighted by atomic mass is 16.6. The number of cyclic esters (lactones) is 1. The Hall–Kier alpha value is -1.12. The van der Waals surface area contributed by atoms with Crippen molar-refractivity contribution in [2.75, 3.05) is 0 Å². The molecule has 0 radical (unpaired) electrons. The summed E-state index contributed by atoms with van der Waals surface area (Å²) in [4.78, 5) is 23.1. The number of allylic oxidation sites excluding steroid dienone is 1. The van der Waals surface area contributed by atoms with Crippen LogP contribution in [0.2, 0.25) is 0 Å². The lowest BCUT2D eigenvalue weighted by atomic mass is 9.84. The van der Waals surface area contributed by atoms with Crippen LogP contribution >= 0.6 is 0 Å². The van der Waals surface area contributed by atoms with E-state index in [1.165, 1.54) is 0 Å². The summed E-state index contributed by atoms with van der Waals surface area (Å²) >= 11 is 0. The quantitative estimate of drug-likeness (QED) is 0.383. The molecule has 2 atom stereocenters. The van der Waals surface area contributed by atoms with E-state index < -0.39 is 18.0 Å². The Labute approximate surface area is 84.1 Å². The van der Waals surface area contributed by atoms with E-state index in [1.54, 1.807) is 6.08 Å². The lowest BCUT2D eigenvalue weighted by Gasteiger charge is -2.23. The molecule has 0 amide bonds. The van der Waals surface area contributed by atoms with Crippen LogP contribution in [0.3, 0.4) is 0 Å². The molecule has 0 aromatic heterocycles. The maximum absolute atomic E-state index is 11.8. The van der Waals surface area contributed by atoms with Crippen LogP contribution in [0, 0.1) is 11.3 Å². The Bertz CT molecular complexity index is 273. The number of hydrogen-bond acceptors (Lipinski definition) is 3. The summed E-state index contributed by atoms with van der Waals surface area (Å²) < 4.78 is 5.07. The summed E-state index contributed by atoms with van der Waals surface area (Å²) in [6, 6.07) is 0. The van der Waals surface area contributed by atoms with E-state index in [0.29, 0.717) is 6.42 Å². The first-order valence-electron chi connectivity index (χ1n) is 4.73. The van der Waals surface area contributed by atoms with Gasteiger partial charge in [0.2, 0.25) is 0 Å². The fraction of sp³-hybridized carbons (Fsp3) is 0.636. The molecule has 0 unspecified atom stereocenters. The second kappa shape index (κ2) is 3.56. The molecule has 0 bridgehead atoms. The zero-order valence-corrected chi connectivity index (χ0v) is 8.87. The van der Waals surface area contributed by atoms with Gasteiger partial charge in [-0.1, -0.05) is 26.8 Å². The van der Waals surface area contributed by atoms with Gasteiger partial charge in [0, 0.05) is 5.41 Å². The van der Waals surface area contributed by atoms with Gasteiger partial charge in [0.05, 0.1) is 0 Å². The molecule has 1 heterocycles. The average molecular weight is 196 g/mol. The molecule has 1 fully saturated rings. The van der Waals surface area contributed by atoms with Gasteiger partial charge < -0.3 is 4.74 Å². The van der Waals surface area contributed by atoms with Crippen LogP contribution in [-0.2, 0) is 14.3 Å². The number of rotatable bonds is 2. The number of hydrogen-bond donors (Lipinski definition) is 0. The third-order valence-electron chi connectivity index (χ3n) is 2.31. The van der Waals surface area contributed by atoms with Gasteiger partial charge >= 0.3 is 5.97 Å². The monoisotopic (exact) mass is 196 g/mol. The molecule has 14 heavy (non-hydrogen) atoms. The Kier molecular flexibility index (Phi) is 2.79. The minimum absolute atomic E-state index is 0.109. The van der Waals surface area contributed by atoms with Gasteiger partial charge in [-0.05, 0) is 6.42 Å². The number of esters is 1. The van der Waals surface area contributed by atoms with E-state index in [1.807, 2.05) is 20.8 Å². The maximum Gasteiger partial charge on any atom is 0.317 e. The van der Waals surface area contributed by atoms with Crippen molar-refractivity contribution in [1.29, 1.82) is 0 Å². The minimum Gasteiger partial charge on any atom is -0.453 e. The van der Waals surface area contributed by atoms with Crippen molar-refractivity contribution in [3.63, 3.8) is 0 Å². The van der Waals surface area contributed by atoms with Crippen molar-refractivity contribution in [3.8, 4) is 0 Å². The van der Waals surface area contributed by atoms with Gasteiger partial charge in [0.25, 0.3) is 0 Å². The van der Waals surface area contributed by atoms with Crippen molar-refractivity contribution in [2.45, 2.75) is 33.3 Å². The van der Waals surface area contributed by atoms with E-state index >= 15 is 0 Å². The second-order valence-electron chi connectivity index (χ2n) is 4.66. The van der Waals surface area contributed by atoms with Crippen molar-refractivity contribution >= 4 is 11.8 Å². The van der Waals surface area contributed by atoms with E-state index in [9.17, 15) is 9.59 Å². The lowest BCUT2D eigenvalue weighted by molar-refractivity contribution is -0.148. The second-order valence-corrected chi connectivity index (χ2v) is 4.66. The zero-order valence-electron chi connectivity index (χ0n) is 8.87. The summed E-state index contributed by atoms with van der Waals surface area (Å²) in [5.74, 6) is -1.14. The average Bonchev–Trinajstić information content (AvgIpc) is 2.31. The van der Waals surface area contributed by atoms with E-state index in [0.717, 1.165) is 0 Å². The molecule has 1 rings (SSSR count). The summed E-state index contributed by atoms with van der Waals surface area (Å²) in [7, 11) is 0. The van der Waals surface area contributed by atoms with Gasteiger partial charge in [-0.15, -0.1) is 6.58 Å². The largest absolute Gasteiger partial charge is 0.453 e. The highest BCUT2D eigenvalue weighted by molar-refractivity contribution is 6.07. The minimum atomic E-state index is -0.628. The van der Waals surface area contributed by atoms with Gasteiger partial charge in [-0.25, -0.2) is 0 Å². The van der Waals surface area contributed by atoms with Crippen LogP contribution in [0.5, 0.6) is 0 Å². The van der Waals surface area contributed by atoms with Gasteiger partial charge in [0.15, 0.2) is 11.9 Å². The molecule has 0 N–H and O–H groups in total. The van der Waals surface area contributed by atoms with Crippen molar-refractivity contribution in [3.05, 3.63) is 12.7 Å². The molecule has 0 spiro atoms. The van der Waals surface area contributed by atoms with E-state index in [-0.39, 0.29) is 11.2 Å². The summed E-state index contributed by atoms with van der Waals surface area (Å²) in [5, 5.41) is 0. The van der Waals surface area contributed by atoms with Gasteiger partial charge in [-0.3, -0.25) is 9.59 Å². The van der Waals surface area contributed by atoms with Crippen LogP contribution < -0.4 is 0 Å². The third-order valence-corrected chi connectivity index (χ3v) is 2.31. The fourth-order valence-electron chi connectivity index (χ4n) is 1.54. The maximum atomic E-state index is 11.8. The number of ketones is 1. The number of carbonyl (C=O) groups excluding carboxylic acids is 2. The summed E-state index contributed by atoms with van der Waals surface area (Å²) in [6.45, 7) is 9.18. The van der Waals surface area contributed by atoms with E-state index in [2.05, 4.69) is 6.58 Å². The highest BCUT2D eigenvalue weighted by Gasteiger charge is 2.47. The van der Waals surface area contributed by atoms with Gasteiger partial charge in [-0.2, -0.15) is 0 Å². The molecule has 3 heteroatoms. The molecular weight excluding hydrogens is 180 g/mol. The molecule has 0 aromatic carbocycles. The number of ether oxygens (including phenoxy) is 1. The van der Waals surface area contributed by atoms with Crippen molar-refractivity contribution < 1.29 is 14.3 Å². The molecule has 1 aliphatic rings. The first-order chi connectivity index (χ1) is 6.38. The van der Waals surface area contributed by atoms with Crippen molar-refractivity contribution in [2.24, 2.45) is 11.3 Å². The molecule has 3 nitrogen and oxygen atoms in total. The van der Waals surface area contributed by atoms with Gasteiger partial charge in [0.1, 0.15) is 5.92 Å². The molecule has 1 saturated heterocycles. The SMILES string of the molecule is C=CC[C@H]1C(=O)O[C@@H](C(C)(C)C)C1=O. The molecule has 1 aliphatic heterocycles. The Balaban J connectivity index is 2.84. The van der Waals surface area contributed by atoms with Crippen LogP contribution in [0.1, 0.15) is 27.2 Å². The molecule has 0 aliphatic carbocycles. The van der Waals surface area contributed by atoms with Crippen LogP contribution in [0.4, 0.5) is 0 Å². The Morgan fingerprint density at radius 2 is 2.00 bits per heavy atom. The first kappa shape index (κ1) is 11.0. The third kappa shape index (κ3) is 1.86. The molecular formula is C11H16O3. The predicted molar refractivity (Wildman–Crippen MR) is 52.6 cm³/mol. The normalized spacial score (nSPS) is 27.6. The zero-order chi connectivity index (χ0) is 10.9. The standard InChI is InChI=1S/C11H16O3/c1-5-6-7-8(12)9(11(2,3)4)14-10(7)13/h5,7,9H,1,6H2,2-4H3/t7-,9-/m1/s1. The highest BCUT2D eigenvalue weighted by Crippen LogP contribution is 2.32. The number of Topliss-reactive ketones (excluding diaryl/α,β-unsaturated/α-hetero) is 1. The smallest absolute Gasteiger partial charge is 0.317 e. The summed E-state index contributed by atoms with van der Waals surface area (Å²) in [6.07, 6.45) is 1.36. The lowest BCUT2D eigenvalue weighted by Crippen LogP contribution is -2.33.